The monoisotopic (exact) mass is 261 g/mol. The van der Waals surface area contributed by atoms with Gasteiger partial charge in [0.1, 0.15) is 0 Å². The zero-order chi connectivity index (χ0) is 13.3. The first-order valence-electron chi connectivity index (χ1n) is 6.50. The number of hydrogen-bond acceptors (Lipinski definition) is 0. The third kappa shape index (κ3) is 2.32. The fourth-order valence-corrected chi connectivity index (χ4v) is 2.66. The number of aromatic nitrogens is 1. The molecule has 96 valence electrons. The SMILES string of the molecule is CCc1c(-c2ccc(Cl)cc2)c(C)cn1C(C)C. The molecule has 0 fully saturated rings. The van der Waals surface area contributed by atoms with E-state index in [1.54, 1.807) is 0 Å². The lowest BCUT2D eigenvalue weighted by Crippen LogP contribution is -2.03. The van der Waals surface area contributed by atoms with Crippen LogP contribution in [-0.2, 0) is 6.42 Å². The highest BCUT2D eigenvalue weighted by molar-refractivity contribution is 6.30. The zero-order valence-electron chi connectivity index (χ0n) is 11.5. The predicted molar refractivity (Wildman–Crippen MR) is 79.4 cm³/mol. The minimum Gasteiger partial charge on any atom is -0.348 e. The first-order chi connectivity index (χ1) is 8.54. The van der Waals surface area contributed by atoms with Gasteiger partial charge in [-0.15, -0.1) is 0 Å². The fourth-order valence-electron chi connectivity index (χ4n) is 2.54. The van der Waals surface area contributed by atoms with E-state index in [0.29, 0.717) is 6.04 Å². The van der Waals surface area contributed by atoms with E-state index in [4.69, 9.17) is 11.6 Å². The molecule has 1 aromatic carbocycles. The Labute approximate surface area is 114 Å². The van der Waals surface area contributed by atoms with Gasteiger partial charge in [0.2, 0.25) is 0 Å². The lowest BCUT2D eigenvalue weighted by atomic mass is 10.0. The van der Waals surface area contributed by atoms with Crippen molar-refractivity contribution in [1.82, 2.24) is 4.57 Å². The van der Waals surface area contributed by atoms with Crippen LogP contribution < -0.4 is 0 Å². The Bertz CT molecular complexity index is 535. The van der Waals surface area contributed by atoms with Crippen molar-refractivity contribution in [2.75, 3.05) is 0 Å². The molecule has 2 rings (SSSR count). The molecule has 0 unspecified atom stereocenters. The number of aryl methyl sites for hydroxylation is 1. The maximum atomic E-state index is 5.96. The van der Waals surface area contributed by atoms with Gasteiger partial charge < -0.3 is 4.57 Å². The Balaban J connectivity index is 2.59. The number of hydrogen-bond donors (Lipinski definition) is 0. The van der Waals surface area contributed by atoms with Crippen molar-refractivity contribution >= 4 is 11.6 Å². The van der Waals surface area contributed by atoms with Crippen LogP contribution in [0.5, 0.6) is 0 Å². The first kappa shape index (κ1) is 13.2. The van der Waals surface area contributed by atoms with Crippen LogP contribution in [-0.4, -0.2) is 4.57 Å². The van der Waals surface area contributed by atoms with Crippen molar-refractivity contribution in [3.05, 3.63) is 46.7 Å². The lowest BCUT2D eigenvalue weighted by Gasteiger charge is -2.13. The summed E-state index contributed by atoms with van der Waals surface area (Å²) in [5.74, 6) is 0. The molecule has 0 saturated carbocycles. The number of halogens is 1. The molecule has 0 saturated heterocycles. The van der Waals surface area contributed by atoms with Crippen LogP contribution in [0.3, 0.4) is 0 Å². The molecule has 1 nitrogen and oxygen atoms in total. The Morgan fingerprint density at radius 1 is 1.17 bits per heavy atom. The van der Waals surface area contributed by atoms with E-state index in [0.717, 1.165) is 11.4 Å². The van der Waals surface area contributed by atoms with Crippen molar-refractivity contribution in [2.24, 2.45) is 0 Å². The minimum atomic E-state index is 0.500. The van der Waals surface area contributed by atoms with Crippen LogP contribution in [0.2, 0.25) is 5.02 Å². The van der Waals surface area contributed by atoms with Crippen molar-refractivity contribution in [2.45, 2.75) is 40.2 Å². The molecule has 1 aromatic heterocycles. The quantitative estimate of drug-likeness (QED) is 0.710. The van der Waals surface area contributed by atoms with Gasteiger partial charge in [-0.1, -0.05) is 30.7 Å². The fraction of sp³-hybridized carbons (Fsp3) is 0.375. The Morgan fingerprint density at radius 2 is 1.78 bits per heavy atom. The summed E-state index contributed by atoms with van der Waals surface area (Å²) in [7, 11) is 0. The van der Waals surface area contributed by atoms with Crippen LogP contribution in [0.4, 0.5) is 0 Å². The molecule has 0 spiro atoms. The number of benzene rings is 1. The highest BCUT2D eigenvalue weighted by Gasteiger charge is 2.14. The largest absolute Gasteiger partial charge is 0.348 e. The van der Waals surface area contributed by atoms with Gasteiger partial charge in [0.15, 0.2) is 0 Å². The third-order valence-electron chi connectivity index (χ3n) is 3.35. The summed E-state index contributed by atoms with van der Waals surface area (Å²) in [6.07, 6.45) is 3.30. The summed E-state index contributed by atoms with van der Waals surface area (Å²) in [4.78, 5) is 0. The second-order valence-electron chi connectivity index (χ2n) is 5.00. The highest BCUT2D eigenvalue weighted by Crippen LogP contribution is 2.32. The summed E-state index contributed by atoms with van der Waals surface area (Å²) in [6, 6.07) is 8.63. The predicted octanol–water partition coefficient (Wildman–Crippen LogP) is 5.26. The molecule has 0 aliphatic heterocycles. The topological polar surface area (TPSA) is 4.93 Å². The molecule has 0 amide bonds. The Hall–Kier alpha value is -1.21. The Morgan fingerprint density at radius 3 is 2.28 bits per heavy atom. The van der Waals surface area contributed by atoms with E-state index < -0.39 is 0 Å². The molecule has 0 aliphatic rings. The summed E-state index contributed by atoms with van der Waals surface area (Å²) in [6.45, 7) is 8.85. The van der Waals surface area contributed by atoms with Crippen LogP contribution in [0.15, 0.2) is 30.5 Å². The zero-order valence-corrected chi connectivity index (χ0v) is 12.3. The minimum absolute atomic E-state index is 0.500. The van der Waals surface area contributed by atoms with Gasteiger partial charge in [0.05, 0.1) is 0 Å². The van der Waals surface area contributed by atoms with E-state index in [1.807, 2.05) is 12.1 Å². The molecule has 2 aromatic rings. The average molecular weight is 262 g/mol. The molecule has 0 bridgehead atoms. The molecule has 18 heavy (non-hydrogen) atoms. The lowest BCUT2D eigenvalue weighted by molar-refractivity contribution is 0.579. The molecule has 0 aliphatic carbocycles. The normalized spacial score (nSPS) is 11.2. The first-order valence-corrected chi connectivity index (χ1v) is 6.88. The molecule has 0 atom stereocenters. The van der Waals surface area contributed by atoms with E-state index in [-0.39, 0.29) is 0 Å². The Kier molecular flexibility index (Phi) is 3.82. The molecular weight excluding hydrogens is 242 g/mol. The number of nitrogens with zero attached hydrogens (tertiary/aromatic N) is 1. The summed E-state index contributed by atoms with van der Waals surface area (Å²) < 4.78 is 2.37. The molecule has 0 radical (unpaired) electrons. The third-order valence-corrected chi connectivity index (χ3v) is 3.60. The van der Waals surface area contributed by atoms with Gasteiger partial charge in [-0.25, -0.2) is 0 Å². The van der Waals surface area contributed by atoms with Crippen LogP contribution in [0.25, 0.3) is 11.1 Å². The molecular formula is C16H20ClN. The van der Waals surface area contributed by atoms with Gasteiger partial charge in [-0.2, -0.15) is 0 Å². The second kappa shape index (κ2) is 5.19. The summed E-state index contributed by atoms with van der Waals surface area (Å²) in [5, 5.41) is 0.790. The molecule has 2 heteroatoms. The van der Waals surface area contributed by atoms with Crippen molar-refractivity contribution in [3.8, 4) is 11.1 Å². The van der Waals surface area contributed by atoms with E-state index in [2.05, 4.69) is 50.6 Å². The van der Waals surface area contributed by atoms with Gasteiger partial charge >= 0.3 is 0 Å². The van der Waals surface area contributed by atoms with E-state index >= 15 is 0 Å². The van der Waals surface area contributed by atoms with Gasteiger partial charge in [-0.05, 0) is 50.5 Å². The summed E-state index contributed by atoms with van der Waals surface area (Å²) >= 11 is 5.96. The van der Waals surface area contributed by atoms with Crippen molar-refractivity contribution < 1.29 is 0 Å². The van der Waals surface area contributed by atoms with Crippen LogP contribution in [0, 0.1) is 6.92 Å². The standard InChI is InChI=1S/C16H20ClN/c1-5-15-16(12(4)10-18(15)11(2)3)13-6-8-14(17)9-7-13/h6-11H,5H2,1-4H3. The molecule has 0 N–H and O–H groups in total. The van der Waals surface area contributed by atoms with Gasteiger partial charge in [-0.3, -0.25) is 0 Å². The smallest absolute Gasteiger partial charge is 0.0406 e. The van der Waals surface area contributed by atoms with Gasteiger partial charge in [0, 0.05) is 28.5 Å². The van der Waals surface area contributed by atoms with Gasteiger partial charge in [0.25, 0.3) is 0 Å². The molecule has 1 heterocycles. The van der Waals surface area contributed by atoms with Crippen LogP contribution in [0.1, 0.15) is 38.1 Å². The van der Waals surface area contributed by atoms with Crippen molar-refractivity contribution in [1.29, 1.82) is 0 Å². The van der Waals surface area contributed by atoms with E-state index in [1.165, 1.54) is 22.4 Å². The average Bonchev–Trinajstić information content (AvgIpc) is 2.67. The highest BCUT2D eigenvalue weighted by atomic mass is 35.5. The second-order valence-corrected chi connectivity index (χ2v) is 5.43. The van der Waals surface area contributed by atoms with Crippen LogP contribution >= 0.6 is 11.6 Å². The number of rotatable bonds is 3. The summed E-state index contributed by atoms with van der Waals surface area (Å²) in [5.41, 5.74) is 5.36. The maximum Gasteiger partial charge on any atom is 0.0406 e. The maximum absolute atomic E-state index is 5.96. The van der Waals surface area contributed by atoms with Crippen molar-refractivity contribution in [3.63, 3.8) is 0 Å². The van der Waals surface area contributed by atoms with E-state index in [9.17, 15) is 0 Å².